The second kappa shape index (κ2) is 2.84. The summed E-state index contributed by atoms with van der Waals surface area (Å²) in [4.78, 5) is 0. The molecule has 0 unspecified atom stereocenters. The highest BCUT2D eigenvalue weighted by Gasteiger charge is 2.41. The standard InChI is InChI=1S/C6H14O4/c1-3-4-6(9,10)5(2,7)8/h7-10H,3-4H2,1-2H3. The van der Waals surface area contributed by atoms with Crippen LogP contribution >= 0.6 is 0 Å². The van der Waals surface area contributed by atoms with E-state index in [-0.39, 0.29) is 6.42 Å². The highest BCUT2D eigenvalue weighted by atomic mass is 16.6. The van der Waals surface area contributed by atoms with E-state index in [0.717, 1.165) is 6.92 Å². The summed E-state index contributed by atoms with van der Waals surface area (Å²) in [7, 11) is 0. The molecule has 0 aliphatic carbocycles. The Morgan fingerprint density at radius 3 is 1.60 bits per heavy atom. The highest BCUT2D eigenvalue weighted by molar-refractivity contribution is 4.76. The fourth-order valence-electron chi connectivity index (χ4n) is 0.585. The van der Waals surface area contributed by atoms with Crippen molar-refractivity contribution in [3.8, 4) is 0 Å². The van der Waals surface area contributed by atoms with Gasteiger partial charge >= 0.3 is 0 Å². The Morgan fingerprint density at radius 2 is 1.50 bits per heavy atom. The first-order valence-corrected chi connectivity index (χ1v) is 3.21. The lowest BCUT2D eigenvalue weighted by Gasteiger charge is -2.31. The van der Waals surface area contributed by atoms with E-state index < -0.39 is 11.6 Å². The number of hydrogen-bond donors (Lipinski definition) is 4. The molecular formula is C6H14O4. The molecule has 0 aromatic heterocycles. The van der Waals surface area contributed by atoms with Gasteiger partial charge in [0.25, 0.3) is 0 Å². The lowest BCUT2D eigenvalue weighted by Crippen LogP contribution is -2.52. The second-order valence-electron chi connectivity index (χ2n) is 2.59. The first kappa shape index (κ1) is 9.84. The molecule has 0 aromatic carbocycles. The van der Waals surface area contributed by atoms with Gasteiger partial charge in [-0.3, -0.25) is 0 Å². The molecule has 0 amide bonds. The second-order valence-corrected chi connectivity index (χ2v) is 2.59. The Morgan fingerprint density at radius 1 is 1.10 bits per heavy atom. The maximum absolute atomic E-state index is 8.91. The molecule has 0 aromatic rings. The van der Waals surface area contributed by atoms with Crippen LogP contribution in [0.2, 0.25) is 0 Å². The number of aliphatic hydroxyl groups is 4. The summed E-state index contributed by atoms with van der Waals surface area (Å²) in [6.07, 6.45) is 0.417. The summed E-state index contributed by atoms with van der Waals surface area (Å²) in [5.41, 5.74) is 0. The molecule has 0 saturated carbocycles. The third kappa shape index (κ3) is 2.22. The van der Waals surface area contributed by atoms with Crippen molar-refractivity contribution in [2.75, 3.05) is 0 Å². The van der Waals surface area contributed by atoms with Crippen molar-refractivity contribution in [3.05, 3.63) is 0 Å². The molecule has 0 rings (SSSR count). The minimum atomic E-state index is -2.44. The summed E-state index contributed by atoms with van der Waals surface area (Å²) < 4.78 is 0. The molecule has 0 atom stereocenters. The van der Waals surface area contributed by atoms with Crippen molar-refractivity contribution in [1.82, 2.24) is 0 Å². The molecule has 0 radical (unpaired) electrons. The average molecular weight is 150 g/mol. The van der Waals surface area contributed by atoms with Gasteiger partial charge in [-0.25, -0.2) is 0 Å². The van der Waals surface area contributed by atoms with E-state index in [1.165, 1.54) is 0 Å². The minimum absolute atomic E-state index is 0.0590. The molecule has 0 aliphatic rings. The molecule has 62 valence electrons. The van der Waals surface area contributed by atoms with Crippen molar-refractivity contribution in [2.45, 2.75) is 38.3 Å². The van der Waals surface area contributed by atoms with Crippen LogP contribution in [0.5, 0.6) is 0 Å². The fourth-order valence-corrected chi connectivity index (χ4v) is 0.585. The Hall–Kier alpha value is -0.160. The summed E-state index contributed by atoms with van der Waals surface area (Å²) in [5.74, 6) is -4.84. The molecule has 0 bridgehead atoms. The van der Waals surface area contributed by atoms with E-state index in [4.69, 9.17) is 20.4 Å². The van der Waals surface area contributed by atoms with Gasteiger partial charge in [-0.1, -0.05) is 13.3 Å². The number of rotatable bonds is 3. The Labute approximate surface area is 59.7 Å². The third-order valence-electron chi connectivity index (χ3n) is 1.36. The van der Waals surface area contributed by atoms with Crippen LogP contribution in [-0.4, -0.2) is 32.0 Å². The molecular weight excluding hydrogens is 136 g/mol. The zero-order chi connectivity index (χ0) is 8.41. The van der Waals surface area contributed by atoms with Gasteiger partial charge in [0.1, 0.15) is 0 Å². The van der Waals surface area contributed by atoms with Crippen molar-refractivity contribution >= 4 is 0 Å². The van der Waals surface area contributed by atoms with Crippen LogP contribution in [0.3, 0.4) is 0 Å². The van der Waals surface area contributed by atoms with E-state index in [2.05, 4.69) is 0 Å². The minimum Gasteiger partial charge on any atom is -0.362 e. The molecule has 10 heavy (non-hydrogen) atoms. The maximum atomic E-state index is 8.91. The van der Waals surface area contributed by atoms with Crippen LogP contribution in [0.25, 0.3) is 0 Å². The van der Waals surface area contributed by atoms with Crippen LogP contribution < -0.4 is 0 Å². The number of hydrogen-bond acceptors (Lipinski definition) is 4. The normalized spacial score (nSPS) is 13.8. The fraction of sp³-hybridized carbons (Fsp3) is 1.00. The Kier molecular flexibility index (Phi) is 2.79. The molecule has 0 spiro atoms. The molecule has 0 saturated heterocycles. The van der Waals surface area contributed by atoms with Crippen molar-refractivity contribution < 1.29 is 20.4 Å². The van der Waals surface area contributed by atoms with Gasteiger partial charge in [-0.05, 0) is 6.92 Å². The Balaban J connectivity index is 4.10. The first-order chi connectivity index (χ1) is 4.31. The summed E-state index contributed by atoms with van der Waals surface area (Å²) in [5, 5.41) is 35.3. The van der Waals surface area contributed by atoms with E-state index in [9.17, 15) is 0 Å². The van der Waals surface area contributed by atoms with Crippen molar-refractivity contribution in [2.24, 2.45) is 0 Å². The van der Waals surface area contributed by atoms with Gasteiger partial charge in [-0.15, -0.1) is 0 Å². The molecule has 4 N–H and O–H groups in total. The maximum Gasteiger partial charge on any atom is 0.218 e. The van der Waals surface area contributed by atoms with E-state index in [1.54, 1.807) is 6.92 Å². The van der Waals surface area contributed by atoms with Gasteiger partial charge in [-0.2, -0.15) is 0 Å². The van der Waals surface area contributed by atoms with Crippen LogP contribution in [0.15, 0.2) is 0 Å². The predicted molar refractivity (Wildman–Crippen MR) is 34.9 cm³/mol. The monoisotopic (exact) mass is 150 g/mol. The van der Waals surface area contributed by atoms with Crippen LogP contribution in [0.4, 0.5) is 0 Å². The zero-order valence-corrected chi connectivity index (χ0v) is 6.20. The van der Waals surface area contributed by atoms with E-state index in [0.29, 0.717) is 6.42 Å². The lowest BCUT2D eigenvalue weighted by molar-refractivity contribution is -0.350. The molecule has 0 heterocycles. The van der Waals surface area contributed by atoms with Gasteiger partial charge in [0.15, 0.2) is 0 Å². The summed E-state index contributed by atoms with van der Waals surface area (Å²) in [6, 6.07) is 0. The smallest absolute Gasteiger partial charge is 0.218 e. The van der Waals surface area contributed by atoms with E-state index >= 15 is 0 Å². The largest absolute Gasteiger partial charge is 0.362 e. The zero-order valence-electron chi connectivity index (χ0n) is 6.20. The third-order valence-corrected chi connectivity index (χ3v) is 1.36. The summed E-state index contributed by atoms with van der Waals surface area (Å²) >= 11 is 0. The predicted octanol–water partition coefficient (Wildman–Crippen LogP) is -0.832. The lowest BCUT2D eigenvalue weighted by atomic mass is 10.0. The molecule has 4 heteroatoms. The van der Waals surface area contributed by atoms with Gasteiger partial charge in [0, 0.05) is 6.42 Å². The highest BCUT2D eigenvalue weighted by Crippen LogP contribution is 2.20. The van der Waals surface area contributed by atoms with Crippen LogP contribution in [0, 0.1) is 0 Å². The van der Waals surface area contributed by atoms with E-state index in [1.807, 2.05) is 0 Å². The van der Waals surface area contributed by atoms with Gasteiger partial charge in [0.05, 0.1) is 0 Å². The van der Waals surface area contributed by atoms with Gasteiger partial charge in [0.2, 0.25) is 11.6 Å². The van der Waals surface area contributed by atoms with Crippen molar-refractivity contribution in [3.63, 3.8) is 0 Å². The Bertz CT molecular complexity index is 103. The average Bonchev–Trinajstić information content (AvgIpc) is 1.61. The molecule has 0 fully saturated rings. The SMILES string of the molecule is CCCC(O)(O)C(C)(O)O. The molecule has 4 nitrogen and oxygen atoms in total. The molecule has 0 aliphatic heterocycles. The van der Waals surface area contributed by atoms with Crippen LogP contribution in [0.1, 0.15) is 26.7 Å². The summed E-state index contributed by atoms with van der Waals surface area (Å²) in [6.45, 7) is 2.65. The van der Waals surface area contributed by atoms with Gasteiger partial charge < -0.3 is 20.4 Å². The first-order valence-electron chi connectivity index (χ1n) is 3.21. The van der Waals surface area contributed by atoms with Crippen LogP contribution in [-0.2, 0) is 0 Å². The van der Waals surface area contributed by atoms with Crippen molar-refractivity contribution in [1.29, 1.82) is 0 Å². The topological polar surface area (TPSA) is 80.9 Å². The quantitative estimate of drug-likeness (QED) is 0.396.